The van der Waals surface area contributed by atoms with Crippen molar-refractivity contribution in [1.82, 2.24) is 24.6 Å². The molecule has 0 aromatic carbocycles. The minimum absolute atomic E-state index is 0.00403. The summed E-state index contributed by atoms with van der Waals surface area (Å²) in [5.41, 5.74) is 1.52. The molecular weight excluding hydrogens is 254 g/mol. The van der Waals surface area contributed by atoms with Gasteiger partial charge in [-0.25, -0.2) is 9.97 Å². The van der Waals surface area contributed by atoms with Gasteiger partial charge in [0, 0.05) is 44.1 Å². The lowest BCUT2D eigenvalue weighted by molar-refractivity contribution is 0.0699. The van der Waals surface area contributed by atoms with Crippen molar-refractivity contribution in [3.8, 4) is 0 Å². The van der Waals surface area contributed by atoms with Gasteiger partial charge in [-0.2, -0.15) is 5.10 Å². The van der Waals surface area contributed by atoms with E-state index in [1.54, 1.807) is 29.5 Å². The van der Waals surface area contributed by atoms with Gasteiger partial charge < -0.3 is 4.90 Å². The number of aryl methyl sites for hydroxylation is 1. The van der Waals surface area contributed by atoms with Crippen LogP contribution in [0.3, 0.4) is 0 Å². The molecule has 0 N–H and O–H groups in total. The monoisotopic (exact) mass is 271 g/mol. The molecule has 1 aliphatic heterocycles. The molecule has 104 valence electrons. The first kappa shape index (κ1) is 12.8. The summed E-state index contributed by atoms with van der Waals surface area (Å²) >= 11 is 0. The highest BCUT2D eigenvalue weighted by Crippen LogP contribution is 2.25. The Labute approximate surface area is 117 Å². The molecule has 6 nitrogen and oxygen atoms in total. The van der Waals surface area contributed by atoms with Crippen LogP contribution >= 0.6 is 0 Å². The number of carbonyl (C=O) groups excluding carboxylic acids is 1. The molecule has 20 heavy (non-hydrogen) atoms. The molecule has 2 aromatic rings. The van der Waals surface area contributed by atoms with E-state index < -0.39 is 0 Å². The molecule has 2 aromatic heterocycles. The van der Waals surface area contributed by atoms with Gasteiger partial charge >= 0.3 is 0 Å². The first-order valence-electron chi connectivity index (χ1n) is 6.79. The molecule has 0 saturated carbocycles. The largest absolute Gasteiger partial charge is 0.337 e. The zero-order chi connectivity index (χ0) is 13.9. The molecule has 1 fully saturated rings. The molecule has 1 amide bonds. The average Bonchev–Trinajstić information content (AvgIpc) is 2.94. The van der Waals surface area contributed by atoms with E-state index in [9.17, 15) is 4.79 Å². The minimum Gasteiger partial charge on any atom is -0.337 e. The van der Waals surface area contributed by atoms with Crippen molar-refractivity contribution < 1.29 is 4.79 Å². The molecule has 0 unspecified atom stereocenters. The maximum atomic E-state index is 12.4. The van der Waals surface area contributed by atoms with E-state index in [-0.39, 0.29) is 5.91 Å². The van der Waals surface area contributed by atoms with Crippen molar-refractivity contribution in [2.24, 2.45) is 7.05 Å². The molecule has 3 rings (SSSR count). The van der Waals surface area contributed by atoms with Crippen LogP contribution in [0.4, 0.5) is 0 Å². The first-order chi connectivity index (χ1) is 9.74. The normalized spacial score (nSPS) is 19.1. The number of carbonyl (C=O) groups is 1. The maximum Gasteiger partial charge on any atom is 0.274 e. The van der Waals surface area contributed by atoms with E-state index in [1.807, 2.05) is 18.0 Å². The molecule has 1 atom stereocenters. The first-order valence-corrected chi connectivity index (χ1v) is 6.79. The molecule has 6 heteroatoms. The van der Waals surface area contributed by atoms with Crippen molar-refractivity contribution in [1.29, 1.82) is 0 Å². The fraction of sp³-hybridized carbons (Fsp3) is 0.429. The van der Waals surface area contributed by atoms with Crippen LogP contribution in [0.5, 0.6) is 0 Å². The van der Waals surface area contributed by atoms with Crippen molar-refractivity contribution in [2.75, 3.05) is 13.1 Å². The summed E-state index contributed by atoms with van der Waals surface area (Å²) in [6.07, 6.45) is 7.16. The third kappa shape index (κ3) is 2.54. The van der Waals surface area contributed by atoms with Crippen molar-refractivity contribution in [3.05, 3.63) is 42.2 Å². The lowest BCUT2D eigenvalue weighted by Gasteiger charge is -2.32. The lowest BCUT2D eigenvalue weighted by Crippen LogP contribution is -2.39. The van der Waals surface area contributed by atoms with Gasteiger partial charge in [0.2, 0.25) is 0 Å². The summed E-state index contributed by atoms with van der Waals surface area (Å²) in [7, 11) is 1.82. The lowest BCUT2D eigenvalue weighted by atomic mass is 9.94. The van der Waals surface area contributed by atoms with Gasteiger partial charge in [-0.05, 0) is 25.0 Å². The summed E-state index contributed by atoms with van der Waals surface area (Å²) in [5, 5.41) is 4.18. The van der Waals surface area contributed by atoms with Crippen LogP contribution in [-0.4, -0.2) is 43.6 Å². The minimum atomic E-state index is 0.00403. The summed E-state index contributed by atoms with van der Waals surface area (Å²) in [4.78, 5) is 22.5. The number of hydrogen-bond acceptors (Lipinski definition) is 4. The molecular formula is C14H17N5O. The number of aromatic nitrogens is 4. The van der Waals surface area contributed by atoms with Crippen LogP contribution in [0.2, 0.25) is 0 Å². The highest BCUT2D eigenvalue weighted by Gasteiger charge is 2.27. The number of amides is 1. The molecule has 3 heterocycles. The van der Waals surface area contributed by atoms with Gasteiger partial charge in [-0.1, -0.05) is 0 Å². The van der Waals surface area contributed by atoms with E-state index in [0.29, 0.717) is 18.2 Å². The number of piperidine rings is 1. The Morgan fingerprint density at radius 3 is 3.00 bits per heavy atom. The number of rotatable bonds is 2. The summed E-state index contributed by atoms with van der Waals surface area (Å²) in [6, 6.07) is 3.69. The molecule has 1 saturated heterocycles. The second kappa shape index (κ2) is 5.40. The molecule has 0 radical (unpaired) electrons. The van der Waals surface area contributed by atoms with Crippen molar-refractivity contribution in [3.63, 3.8) is 0 Å². The third-order valence-electron chi connectivity index (χ3n) is 3.66. The van der Waals surface area contributed by atoms with Crippen LogP contribution < -0.4 is 0 Å². The summed E-state index contributed by atoms with van der Waals surface area (Å²) < 4.78 is 1.65. The molecule has 0 aliphatic carbocycles. The second-order valence-corrected chi connectivity index (χ2v) is 5.10. The van der Waals surface area contributed by atoms with E-state index in [4.69, 9.17) is 0 Å². The van der Waals surface area contributed by atoms with Crippen molar-refractivity contribution in [2.45, 2.75) is 18.8 Å². The Bertz CT molecular complexity index is 595. The maximum absolute atomic E-state index is 12.4. The highest BCUT2D eigenvalue weighted by molar-refractivity contribution is 5.92. The Morgan fingerprint density at radius 1 is 1.40 bits per heavy atom. The zero-order valence-electron chi connectivity index (χ0n) is 11.4. The standard InChI is InChI=1S/C14H17N5O/c1-18-8-5-13(17-18)14(20)19-7-2-3-11(9-19)12-4-6-15-10-16-12/h4-6,8,10-11H,2-3,7,9H2,1H3/t11-/m1/s1. The van der Waals surface area contributed by atoms with Crippen LogP contribution in [0.15, 0.2) is 30.9 Å². The Hall–Kier alpha value is -2.24. The van der Waals surface area contributed by atoms with Crippen molar-refractivity contribution >= 4 is 5.91 Å². The topological polar surface area (TPSA) is 63.9 Å². The van der Waals surface area contributed by atoms with Gasteiger partial charge in [-0.3, -0.25) is 9.48 Å². The Kier molecular flexibility index (Phi) is 3.45. The predicted molar refractivity (Wildman–Crippen MR) is 73.1 cm³/mol. The summed E-state index contributed by atoms with van der Waals surface area (Å²) in [5.74, 6) is 0.295. The average molecular weight is 271 g/mol. The van der Waals surface area contributed by atoms with Gasteiger partial charge in [0.05, 0.1) is 0 Å². The SMILES string of the molecule is Cn1ccc(C(=O)N2CCC[C@@H](c3ccncn3)C2)n1. The number of nitrogens with zero attached hydrogens (tertiary/aromatic N) is 5. The third-order valence-corrected chi connectivity index (χ3v) is 3.66. The number of hydrogen-bond donors (Lipinski definition) is 0. The van der Waals surface area contributed by atoms with E-state index in [1.165, 1.54) is 0 Å². The van der Waals surface area contributed by atoms with E-state index >= 15 is 0 Å². The Morgan fingerprint density at radius 2 is 2.30 bits per heavy atom. The quantitative estimate of drug-likeness (QED) is 0.824. The second-order valence-electron chi connectivity index (χ2n) is 5.10. The fourth-order valence-electron chi connectivity index (χ4n) is 2.64. The van der Waals surface area contributed by atoms with E-state index in [0.717, 1.165) is 25.1 Å². The molecule has 0 bridgehead atoms. The van der Waals surface area contributed by atoms with Crippen LogP contribution in [0.1, 0.15) is 34.9 Å². The van der Waals surface area contributed by atoms with Crippen LogP contribution in [0, 0.1) is 0 Å². The Balaban J connectivity index is 1.74. The molecule has 1 aliphatic rings. The van der Waals surface area contributed by atoms with Crippen LogP contribution in [-0.2, 0) is 7.05 Å². The highest BCUT2D eigenvalue weighted by atomic mass is 16.2. The van der Waals surface area contributed by atoms with E-state index in [2.05, 4.69) is 15.1 Å². The predicted octanol–water partition coefficient (Wildman–Crippen LogP) is 1.23. The van der Waals surface area contributed by atoms with Gasteiger partial charge in [-0.15, -0.1) is 0 Å². The molecule has 0 spiro atoms. The van der Waals surface area contributed by atoms with Gasteiger partial charge in [0.25, 0.3) is 5.91 Å². The fourth-order valence-corrected chi connectivity index (χ4v) is 2.64. The summed E-state index contributed by atoms with van der Waals surface area (Å²) in [6.45, 7) is 1.49. The van der Waals surface area contributed by atoms with Crippen LogP contribution in [0.25, 0.3) is 0 Å². The van der Waals surface area contributed by atoms with Gasteiger partial charge in [0.1, 0.15) is 12.0 Å². The number of likely N-dealkylation sites (tertiary alicyclic amines) is 1. The smallest absolute Gasteiger partial charge is 0.274 e. The van der Waals surface area contributed by atoms with Gasteiger partial charge in [0.15, 0.2) is 0 Å². The zero-order valence-corrected chi connectivity index (χ0v) is 11.4.